The molecule has 3 nitrogen and oxygen atoms in total. The highest BCUT2D eigenvalue weighted by atomic mass is 16.2. The van der Waals surface area contributed by atoms with Crippen LogP contribution in [-0.4, -0.2) is 48.4 Å². The quantitative estimate of drug-likeness (QED) is 0.727. The van der Waals surface area contributed by atoms with Gasteiger partial charge in [-0.3, -0.25) is 4.79 Å². The normalized spacial score (nSPS) is 16.5. The number of amides is 1. The van der Waals surface area contributed by atoms with Gasteiger partial charge in [0.15, 0.2) is 0 Å². The molecule has 0 radical (unpaired) electrons. The number of likely N-dealkylation sites (tertiary alicyclic amines) is 1. The van der Waals surface area contributed by atoms with E-state index >= 15 is 0 Å². The second-order valence-corrected chi connectivity index (χ2v) is 6.83. The van der Waals surface area contributed by atoms with Crippen LogP contribution in [0.2, 0.25) is 0 Å². The standard InChI is InChI=1S/C18H32N2O/c1-15(2)8-6-7-9-18(21)20-12-10-17(11-13-20)14-19(5)16(3)4/h15-17H,7,9-14H2,1-5H3. The van der Waals surface area contributed by atoms with Crippen LogP contribution < -0.4 is 0 Å². The second kappa shape index (κ2) is 9.10. The molecule has 0 atom stereocenters. The van der Waals surface area contributed by atoms with Crippen LogP contribution in [-0.2, 0) is 4.79 Å². The number of carbonyl (C=O) groups is 1. The van der Waals surface area contributed by atoms with Gasteiger partial charge in [0.05, 0.1) is 0 Å². The number of piperidine rings is 1. The minimum Gasteiger partial charge on any atom is -0.343 e. The molecule has 1 heterocycles. The molecule has 0 saturated carbocycles. The molecule has 1 saturated heterocycles. The molecule has 21 heavy (non-hydrogen) atoms. The molecule has 3 heteroatoms. The zero-order chi connectivity index (χ0) is 15.8. The summed E-state index contributed by atoms with van der Waals surface area (Å²) in [5.41, 5.74) is 0. The summed E-state index contributed by atoms with van der Waals surface area (Å²) < 4.78 is 0. The van der Waals surface area contributed by atoms with Gasteiger partial charge in [0.1, 0.15) is 0 Å². The Labute approximate surface area is 131 Å². The van der Waals surface area contributed by atoms with Crippen molar-refractivity contribution in [2.24, 2.45) is 11.8 Å². The first kappa shape index (κ1) is 18.0. The van der Waals surface area contributed by atoms with Crippen LogP contribution in [0.25, 0.3) is 0 Å². The Morgan fingerprint density at radius 1 is 1.24 bits per heavy atom. The number of rotatable bonds is 5. The van der Waals surface area contributed by atoms with Crippen molar-refractivity contribution in [1.82, 2.24) is 9.80 Å². The molecule has 0 bridgehead atoms. The molecule has 1 fully saturated rings. The van der Waals surface area contributed by atoms with Gasteiger partial charge in [-0.25, -0.2) is 0 Å². The molecule has 0 unspecified atom stereocenters. The fraction of sp³-hybridized carbons (Fsp3) is 0.833. The van der Waals surface area contributed by atoms with Gasteiger partial charge in [0, 0.05) is 44.4 Å². The molecule has 1 aliphatic heterocycles. The van der Waals surface area contributed by atoms with E-state index in [4.69, 9.17) is 0 Å². The highest BCUT2D eigenvalue weighted by Crippen LogP contribution is 2.19. The third-order valence-corrected chi connectivity index (χ3v) is 4.25. The average molecular weight is 292 g/mol. The first-order chi connectivity index (χ1) is 9.90. The van der Waals surface area contributed by atoms with Gasteiger partial charge < -0.3 is 9.80 Å². The van der Waals surface area contributed by atoms with Crippen LogP contribution in [0.4, 0.5) is 0 Å². The SMILES string of the molecule is CC(C)C#CCCC(=O)N1CCC(CN(C)C(C)C)CC1. The van der Waals surface area contributed by atoms with Crippen LogP contribution in [0.5, 0.6) is 0 Å². The molecule has 0 aromatic rings. The third-order valence-electron chi connectivity index (χ3n) is 4.25. The maximum atomic E-state index is 12.1. The van der Waals surface area contributed by atoms with Crippen LogP contribution in [0.15, 0.2) is 0 Å². The number of nitrogens with zero attached hydrogens (tertiary/aromatic N) is 2. The summed E-state index contributed by atoms with van der Waals surface area (Å²) in [5, 5.41) is 0. The number of hydrogen-bond donors (Lipinski definition) is 0. The van der Waals surface area contributed by atoms with Gasteiger partial charge >= 0.3 is 0 Å². The van der Waals surface area contributed by atoms with Crippen LogP contribution in [0.1, 0.15) is 53.4 Å². The lowest BCUT2D eigenvalue weighted by Gasteiger charge is -2.35. The smallest absolute Gasteiger partial charge is 0.223 e. The Hall–Kier alpha value is -1.01. The molecule has 1 amide bonds. The van der Waals surface area contributed by atoms with Crippen LogP contribution in [0, 0.1) is 23.7 Å². The summed E-state index contributed by atoms with van der Waals surface area (Å²) >= 11 is 0. The molecule has 0 aromatic heterocycles. The van der Waals surface area contributed by atoms with Crippen molar-refractivity contribution < 1.29 is 4.79 Å². The van der Waals surface area contributed by atoms with E-state index in [1.165, 1.54) is 0 Å². The lowest BCUT2D eigenvalue weighted by molar-refractivity contribution is -0.132. The molecule has 0 spiro atoms. The lowest BCUT2D eigenvalue weighted by Crippen LogP contribution is -2.42. The van der Waals surface area contributed by atoms with Gasteiger partial charge in [-0.1, -0.05) is 13.8 Å². The topological polar surface area (TPSA) is 23.6 Å². The minimum absolute atomic E-state index is 0.281. The molecule has 0 N–H and O–H groups in total. The lowest BCUT2D eigenvalue weighted by atomic mass is 9.95. The van der Waals surface area contributed by atoms with E-state index in [1.807, 2.05) is 4.90 Å². The Morgan fingerprint density at radius 2 is 1.86 bits per heavy atom. The number of hydrogen-bond acceptors (Lipinski definition) is 2. The molecule has 1 rings (SSSR count). The second-order valence-electron chi connectivity index (χ2n) is 6.83. The van der Waals surface area contributed by atoms with Crippen LogP contribution >= 0.6 is 0 Å². The maximum absolute atomic E-state index is 12.1. The van der Waals surface area contributed by atoms with Crippen molar-refractivity contribution in [2.45, 2.75) is 59.4 Å². The van der Waals surface area contributed by atoms with Gasteiger partial charge in [-0.15, -0.1) is 11.8 Å². The van der Waals surface area contributed by atoms with Crippen molar-refractivity contribution in [3.63, 3.8) is 0 Å². The Morgan fingerprint density at radius 3 is 2.38 bits per heavy atom. The zero-order valence-corrected chi connectivity index (χ0v) is 14.5. The monoisotopic (exact) mass is 292 g/mol. The zero-order valence-electron chi connectivity index (χ0n) is 14.5. The molecule has 0 aromatic carbocycles. The summed E-state index contributed by atoms with van der Waals surface area (Å²) in [7, 11) is 2.19. The maximum Gasteiger partial charge on any atom is 0.223 e. The Bertz CT molecular complexity index is 370. The highest BCUT2D eigenvalue weighted by Gasteiger charge is 2.23. The minimum atomic E-state index is 0.281. The first-order valence-electron chi connectivity index (χ1n) is 8.36. The summed E-state index contributed by atoms with van der Waals surface area (Å²) in [4.78, 5) is 16.6. The van der Waals surface area contributed by atoms with Crippen molar-refractivity contribution in [1.29, 1.82) is 0 Å². The largest absolute Gasteiger partial charge is 0.343 e. The first-order valence-corrected chi connectivity index (χ1v) is 8.36. The van der Waals surface area contributed by atoms with Crippen molar-refractivity contribution in [3.05, 3.63) is 0 Å². The summed E-state index contributed by atoms with van der Waals surface area (Å²) in [6, 6.07) is 0.601. The van der Waals surface area contributed by atoms with Crippen LogP contribution in [0.3, 0.4) is 0 Å². The summed E-state index contributed by atoms with van der Waals surface area (Å²) in [5.74, 6) is 7.63. The fourth-order valence-electron chi connectivity index (χ4n) is 2.59. The van der Waals surface area contributed by atoms with Gasteiger partial charge in [-0.05, 0) is 39.7 Å². The molecule has 120 valence electrons. The number of carbonyl (C=O) groups excluding carboxylic acids is 1. The van der Waals surface area contributed by atoms with E-state index in [2.05, 4.69) is 51.5 Å². The molecule has 1 aliphatic rings. The summed E-state index contributed by atoms with van der Waals surface area (Å²) in [6.45, 7) is 11.6. The fourth-order valence-corrected chi connectivity index (χ4v) is 2.59. The van der Waals surface area contributed by atoms with E-state index in [0.717, 1.165) is 38.4 Å². The van der Waals surface area contributed by atoms with Gasteiger partial charge in [-0.2, -0.15) is 0 Å². The predicted octanol–water partition coefficient (Wildman–Crippen LogP) is 3.00. The molecular weight excluding hydrogens is 260 g/mol. The van der Waals surface area contributed by atoms with E-state index in [9.17, 15) is 4.79 Å². The van der Waals surface area contributed by atoms with E-state index in [1.54, 1.807) is 0 Å². The molecule has 0 aliphatic carbocycles. The van der Waals surface area contributed by atoms with E-state index < -0.39 is 0 Å². The van der Waals surface area contributed by atoms with E-state index in [0.29, 0.717) is 24.8 Å². The Kier molecular flexibility index (Phi) is 7.82. The van der Waals surface area contributed by atoms with Crippen molar-refractivity contribution in [3.8, 4) is 11.8 Å². The Balaban J connectivity index is 2.26. The predicted molar refractivity (Wildman–Crippen MR) is 88.9 cm³/mol. The van der Waals surface area contributed by atoms with Crippen molar-refractivity contribution in [2.75, 3.05) is 26.7 Å². The summed E-state index contributed by atoms with van der Waals surface area (Å²) in [6.07, 6.45) is 3.56. The third kappa shape index (κ3) is 7.00. The molecular formula is C18H32N2O. The van der Waals surface area contributed by atoms with E-state index in [-0.39, 0.29) is 5.91 Å². The van der Waals surface area contributed by atoms with Crippen molar-refractivity contribution >= 4 is 5.91 Å². The van der Waals surface area contributed by atoms with Gasteiger partial charge in [0.25, 0.3) is 0 Å². The highest BCUT2D eigenvalue weighted by molar-refractivity contribution is 5.76. The van der Waals surface area contributed by atoms with Gasteiger partial charge in [0.2, 0.25) is 5.91 Å². The average Bonchev–Trinajstić information content (AvgIpc) is 2.43.